The smallest absolute Gasteiger partial charge is 0.282 e. The average Bonchev–Trinajstić information content (AvgIpc) is 2.55. The Morgan fingerprint density at radius 2 is 1.73 bits per heavy atom. The molecule has 0 spiro atoms. The lowest BCUT2D eigenvalue weighted by atomic mass is 10.1. The third-order valence-corrected chi connectivity index (χ3v) is 3.25. The number of para-hydroxylation sites is 1. The van der Waals surface area contributed by atoms with Gasteiger partial charge in [0.25, 0.3) is 11.6 Å². The number of nitro groups is 1. The summed E-state index contributed by atoms with van der Waals surface area (Å²) in [5.74, 6) is -0.459. The van der Waals surface area contributed by atoms with Crippen LogP contribution in [0.1, 0.15) is 21.5 Å². The van der Waals surface area contributed by atoms with Gasteiger partial charge >= 0.3 is 0 Å². The minimum atomic E-state index is -0.567. The molecule has 22 heavy (non-hydrogen) atoms. The van der Waals surface area contributed by atoms with Gasteiger partial charge in [-0.2, -0.15) is 0 Å². The number of amides is 1. The molecule has 114 valence electrons. The highest BCUT2D eigenvalue weighted by Crippen LogP contribution is 2.17. The van der Waals surface area contributed by atoms with Gasteiger partial charge in [-0.1, -0.05) is 36.4 Å². The lowest BCUT2D eigenvalue weighted by Crippen LogP contribution is -2.26. The molecule has 2 N–H and O–H groups in total. The van der Waals surface area contributed by atoms with Crippen LogP contribution in [0, 0.1) is 10.1 Å². The van der Waals surface area contributed by atoms with E-state index >= 15 is 0 Å². The zero-order valence-corrected chi connectivity index (χ0v) is 11.9. The number of nitrogens with one attached hydrogen (secondary N) is 1. The normalized spacial score (nSPS) is 10.2. The van der Waals surface area contributed by atoms with E-state index in [1.54, 1.807) is 6.07 Å². The molecule has 0 aliphatic heterocycles. The van der Waals surface area contributed by atoms with E-state index in [-0.39, 0.29) is 17.9 Å². The maximum atomic E-state index is 12.0. The summed E-state index contributed by atoms with van der Waals surface area (Å²) in [5.41, 5.74) is 1.70. The van der Waals surface area contributed by atoms with Crippen molar-refractivity contribution in [1.82, 2.24) is 5.32 Å². The molecule has 1 amide bonds. The first kappa shape index (κ1) is 15.7. The first-order chi connectivity index (χ1) is 10.6. The number of aliphatic hydroxyl groups excluding tert-OH is 1. The SMILES string of the molecule is O=C(NCCc1ccc(CO)cc1)c1ccccc1[N+](=O)[O-]. The highest BCUT2D eigenvalue weighted by atomic mass is 16.6. The van der Waals surface area contributed by atoms with Crippen LogP contribution in [0.15, 0.2) is 48.5 Å². The summed E-state index contributed by atoms with van der Waals surface area (Å²) in [6.07, 6.45) is 0.609. The van der Waals surface area contributed by atoms with E-state index in [0.29, 0.717) is 13.0 Å². The van der Waals surface area contributed by atoms with Crippen LogP contribution in [-0.2, 0) is 13.0 Å². The molecule has 2 aromatic rings. The van der Waals surface area contributed by atoms with E-state index in [1.807, 2.05) is 24.3 Å². The van der Waals surface area contributed by atoms with E-state index in [0.717, 1.165) is 11.1 Å². The molecule has 0 saturated carbocycles. The van der Waals surface area contributed by atoms with Crippen LogP contribution in [0.2, 0.25) is 0 Å². The number of nitrogens with zero attached hydrogens (tertiary/aromatic N) is 1. The van der Waals surface area contributed by atoms with Crippen molar-refractivity contribution in [3.63, 3.8) is 0 Å². The lowest BCUT2D eigenvalue weighted by molar-refractivity contribution is -0.385. The maximum Gasteiger partial charge on any atom is 0.282 e. The number of hydrogen-bond donors (Lipinski definition) is 2. The highest BCUT2D eigenvalue weighted by molar-refractivity contribution is 5.98. The summed E-state index contributed by atoms with van der Waals surface area (Å²) in [4.78, 5) is 22.3. The summed E-state index contributed by atoms with van der Waals surface area (Å²) in [6.45, 7) is 0.373. The fourth-order valence-electron chi connectivity index (χ4n) is 2.05. The predicted molar refractivity (Wildman–Crippen MR) is 81.5 cm³/mol. The summed E-state index contributed by atoms with van der Waals surface area (Å²) in [7, 11) is 0. The van der Waals surface area contributed by atoms with Gasteiger partial charge in [-0.15, -0.1) is 0 Å². The number of hydrogen-bond acceptors (Lipinski definition) is 4. The summed E-state index contributed by atoms with van der Waals surface area (Å²) >= 11 is 0. The molecule has 0 unspecified atom stereocenters. The zero-order valence-electron chi connectivity index (χ0n) is 11.9. The van der Waals surface area contributed by atoms with Crippen molar-refractivity contribution in [3.05, 3.63) is 75.3 Å². The number of benzene rings is 2. The van der Waals surface area contributed by atoms with Crippen LogP contribution >= 0.6 is 0 Å². The Balaban J connectivity index is 1.94. The fourth-order valence-corrected chi connectivity index (χ4v) is 2.05. The molecule has 2 aromatic carbocycles. The first-order valence-corrected chi connectivity index (χ1v) is 6.82. The summed E-state index contributed by atoms with van der Waals surface area (Å²) in [5, 5.41) is 22.5. The average molecular weight is 300 g/mol. The van der Waals surface area contributed by atoms with Gasteiger partial charge in [0.15, 0.2) is 0 Å². The zero-order chi connectivity index (χ0) is 15.9. The second-order valence-electron chi connectivity index (χ2n) is 4.75. The first-order valence-electron chi connectivity index (χ1n) is 6.82. The molecule has 0 radical (unpaired) electrons. The molecule has 0 aromatic heterocycles. The standard InChI is InChI=1S/C16H16N2O4/c19-11-13-7-5-12(6-8-13)9-10-17-16(20)14-3-1-2-4-15(14)18(21)22/h1-8,19H,9-11H2,(H,17,20). The highest BCUT2D eigenvalue weighted by Gasteiger charge is 2.18. The van der Waals surface area contributed by atoms with Crippen molar-refractivity contribution in [1.29, 1.82) is 0 Å². The summed E-state index contributed by atoms with van der Waals surface area (Å²) in [6, 6.07) is 13.3. The minimum absolute atomic E-state index is 0.00527. The van der Waals surface area contributed by atoms with E-state index in [9.17, 15) is 14.9 Å². The van der Waals surface area contributed by atoms with Gasteiger partial charge in [0.1, 0.15) is 5.56 Å². The van der Waals surface area contributed by atoms with Crippen LogP contribution in [-0.4, -0.2) is 22.5 Å². The Morgan fingerprint density at radius 1 is 1.09 bits per heavy atom. The number of aliphatic hydroxyl groups is 1. The predicted octanol–water partition coefficient (Wildman–Crippen LogP) is 2.06. The molecule has 0 aliphatic rings. The maximum absolute atomic E-state index is 12.0. The van der Waals surface area contributed by atoms with Crippen LogP contribution in [0.25, 0.3) is 0 Å². The minimum Gasteiger partial charge on any atom is -0.392 e. The monoisotopic (exact) mass is 300 g/mol. The van der Waals surface area contributed by atoms with Crippen molar-refractivity contribution in [2.45, 2.75) is 13.0 Å². The quantitative estimate of drug-likeness (QED) is 0.631. The Hall–Kier alpha value is -2.73. The van der Waals surface area contributed by atoms with Crippen molar-refractivity contribution < 1.29 is 14.8 Å². The number of rotatable bonds is 6. The largest absolute Gasteiger partial charge is 0.392 e. The molecule has 2 rings (SSSR count). The fraction of sp³-hybridized carbons (Fsp3) is 0.188. The van der Waals surface area contributed by atoms with Gasteiger partial charge in [-0.25, -0.2) is 0 Å². The molecule has 0 bridgehead atoms. The molecule has 0 saturated heterocycles. The van der Waals surface area contributed by atoms with Gasteiger partial charge < -0.3 is 10.4 Å². The number of nitro benzene ring substituents is 1. The topological polar surface area (TPSA) is 92.5 Å². The third-order valence-electron chi connectivity index (χ3n) is 3.25. The molecule has 0 heterocycles. The molecular formula is C16H16N2O4. The van der Waals surface area contributed by atoms with Gasteiger partial charge in [0.2, 0.25) is 0 Å². The van der Waals surface area contributed by atoms with Gasteiger partial charge in [0, 0.05) is 12.6 Å². The summed E-state index contributed by atoms with van der Waals surface area (Å²) < 4.78 is 0. The van der Waals surface area contributed by atoms with Gasteiger partial charge in [-0.3, -0.25) is 14.9 Å². The Labute approximate surface area is 127 Å². The molecule has 0 atom stereocenters. The lowest BCUT2D eigenvalue weighted by Gasteiger charge is -2.06. The Morgan fingerprint density at radius 3 is 2.36 bits per heavy atom. The molecule has 6 nitrogen and oxygen atoms in total. The van der Waals surface area contributed by atoms with Crippen molar-refractivity contribution in [2.75, 3.05) is 6.54 Å². The van der Waals surface area contributed by atoms with E-state index in [1.165, 1.54) is 18.2 Å². The molecule has 6 heteroatoms. The second-order valence-corrected chi connectivity index (χ2v) is 4.75. The molecule has 0 aliphatic carbocycles. The van der Waals surface area contributed by atoms with Crippen LogP contribution in [0.4, 0.5) is 5.69 Å². The van der Waals surface area contributed by atoms with Crippen LogP contribution < -0.4 is 5.32 Å². The van der Waals surface area contributed by atoms with E-state index < -0.39 is 10.8 Å². The second kappa shape index (κ2) is 7.33. The van der Waals surface area contributed by atoms with Crippen molar-refractivity contribution in [2.24, 2.45) is 0 Å². The Bertz CT molecular complexity index is 668. The van der Waals surface area contributed by atoms with Gasteiger partial charge in [-0.05, 0) is 23.6 Å². The van der Waals surface area contributed by atoms with Crippen LogP contribution in [0.5, 0.6) is 0 Å². The Kier molecular flexibility index (Phi) is 5.21. The number of carbonyl (C=O) groups excluding carboxylic acids is 1. The van der Waals surface area contributed by atoms with E-state index in [4.69, 9.17) is 5.11 Å². The molecule has 0 fully saturated rings. The van der Waals surface area contributed by atoms with E-state index in [2.05, 4.69) is 5.32 Å². The van der Waals surface area contributed by atoms with Gasteiger partial charge in [0.05, 0.1) is 11.5 Å². The number of carbonyl (C=O) groups is 1. The van der Waals surface area contributed by atoms with Crippen molar-refractivity contribution >= 4 is 11.6 Å². The third kappa shape index (κ3) is 3.89. The molecular weight excluding hydrogens is 284 g/mol. The van der Waals surface area contributed by atoms with Crippen molar-refractivity contribution in [3.8, 4) is 0 Å². The van der Waals surface area contributed by atoms with Crippen LogP contribution in [0.3, 0.4) is 0 Å².